The van der Waals surface area contributed by atoms with Gasteiger partial charge in [-0.15, -0.1) is 0 Å². The first-order valence-corrected chi connectivity index (χ1v) is 7.54. The van der Waals surface area contributed by atoms with E-state index in [0.29, 0.717) is 5.69 Å². The summed E-state index contributed by atoms with van der Waals surface area (Å²) in [5.41, 5.74) is 0.582. The van der Waals surface area contributed by atoms with Crippen molar-refractivity contribution in [2.45, 2.75) is 24.4 Å². The van der Waals surface area contributed by atoms with Gasteiger partial charge in [0.2, 0.25) is 10.0 Å². The Hall–Kier alpha value is -2.26. The largest absolute Gasteiger partial charge is 0.480 e. The Labute approximate surface area is 121 Å². The number of carbonyl (C=O) groups is 1. The number of hydrogen-bond donors (Lipinski definition) is 2. The standard InChI is InChI=1S/C12H14N4O4S/c1-9(11-4-2-3-5-13-11)15-21(19,20)10-6-14-16(7-10)8-12(17)18/h2-7,9,15H,8H2,1H3,(H,17,18). The summed E-state index contributed by atoms with van der Waals surface area (Å²) in [7, 11) is -3.79. The second-order valence-electron chi connectivity index (χ2n) is 4.36. The van der Waals surface area contributed by atoms with Crippen molar-refractivity contribution in [1.82, 2.24) is 19.5 Å². The fourth-order valence-electron chi connectivity index (χ4n) is 1.70. The van der Waals surface area contributed by atoms with Crippen LogP contribution in [0.15, 0.2) is 41.7 Å². The van der Waals surface area contributed by atoms with Crippen LogP contribution in [0.2, 0.25) is 0 Å². The maximum atomic E-state index is 12.2. The van der Waals surface area contributed by atoms with Crippen LogP contribution in [0.5, 0.6) is 0 Å². The molecule has 2 rings (SSSR count). The minimum Gasteiger partial charge on any atom is -0.480 e. The molecule has 8 nitrogen and oxygen atoms in total. The molecule has 2 heterocycles. The van der Waals surface area contributed by atoms with E-state index in [1.165, 1.54) is 6.20 Å². The highest BCUT2D eigenvalue weighted by Gasteiger charge is 2.21. The smallest absolute Gasteiger partial charge is 0.325 e. The van der Waals surface area contributed by atoms with Crippen LogP contribution in [0.25, 0.3) is 0 Å². The van der Waals surface area contributed by atoms with Gasteiger partial charge in [0, 0.05) is 12.4 Å². The number of carboxylic acid groups (broad SMARTS) is 1. The number of sulfonamides is 1. The van der Waals surface area contributed by atoms with Crippen LogP contribution >= 0.6 is 0 Å². The molecule has 0 aliphatic carbocycles. The summed E-state index contributed by atoms with van der Waals surface area (Å²) in [4.78, 5) is 14.5. The van der Waals surface area contributed by atoms with Crippen molar-refractivity contribution in [2.75, 3.05) is 0 Å². The fraction of sp³-hybridized carbons (Fsp3) is 0.250. The predicted octanol–water partition coefficient (Wildman–Crippen LogP) is 0.402. The fourth-order valence-corrected chi connectivity index (χ4v) is 2.87. The van der Waals surface area contributed by atoms with Crippen molar-refractivity contribution >= 4 is 16.0 Å². The summed E-state index contributed by atoms with van der Waals surface area (Å²) >= 11 is 0. The van der Waals surface area contributed by atoms with Gasteiger partial charge in [0.05, 0.1) is 17.9 Å². The van der Waals surface area contributed by atoms with E-state index in [-0.39, 0.29) is 4.90 Å². The monoisotopic (exact) mass is 310 g/mol. The summed E-state index contributed by atoms with van der Waals surface area (Å²) < 4.78 is 27.9. The summed E-state index contributed by atoms with van der Waals surface area (Å²) in [5, 5.41) is 12.3. The molecule has 0 aromatic carbocycles. The lowest BCUT2D eigenvalue weighted by molar-refractivity contribution is -0.137. The average molecular weight is 310 g/mol. The number of pyridine rings is 1. The molecular weight excluding hydrogens is 296 g/mol. The molecule has 0 radical (unpaired) electrons. The highest BCUT2D eigenvalue weighted by atomic mass is 32.2. The zero-order valence-electron chi connectivity index (χ0n) is 11.2. The summed E-state index contributed by atoms with van der Waals surface area (Å²) in [5.74, 6) is -1.10. The van der Waals surface area contributed by atoms with Crippen LogP contribution in [0.1, 0.15) is 18.7 Å². The molecule has 9 heteroatoms. The Kier molecular flexibility index (Phi) is 4.34. The molecular formula is C12H14N4O4S. The summed E-state index contributed by atoms with van der Waals surface area (Å²) in [6.45, 7) is 1.27. The lowest BCUT2D eigenvalue weighted by Crippen LogP contribution is -2.27. The van der Waals surface area contributed by atoms with Gasteiger partial charge in [-0.1, -0.05) is 6.07 Å². The highest BCUT2D eigenvalue weighted by molar-refractivity contribution is 7.89. The van der Waals surface area contributed by atoms with Crippen molar-refractivity contribution < 1.29 is 18.3 Å². The van der Waals surface area contributed by atoms with Crippen molar-refractivity contribution in [2.24, 2.45) is 0 Å². The van der Waals surface area contributed by atoms with Gasteiger partial charge >= 0.3 is 5.97 Å². The molecule has 0 bridgehead atoms. The first-order chi connectivity index (χ1) is 9.88. The number of aliphatic carboxylic acids is 1. The second kappa shape index (κ2) is 6.02. The molecule has 0 fully saturated rings. The number of carboxylic acids is 1. The van der Waals surface area contributed by atoms with Gasteiger partial charge in [0.15, 0.2) is 0 Å². The first kappa shape index (κ1) is 15.1. The van der Waals surface area contributed by atoms with Crippen LogP contribution in [-0.4, -0.2) is 34.3 Å². The molecule has 0 saturated heterocycles. The normalized spacial score (nSPS) is 13.0. The third-order valence-corrected chi connectivity index (χ3v) is 4.18. The van der Waals surface area contributed by atoms with Crippen molar-refractivity contribution in [3.8, 4) is 0 Å². The van der Waals surface area contributed by atoms with E-state index < -0.39 is 28.6 Å². The van der Waals surface area contributed by atoms with E-state index in [1.807, 2.05) is 0 Å². The van der Waals surface area contributed by atoms with Gasteiger partial charge in [0.1, 0.15) is 11.4 Å². The van der Waals surface area contributed by atoms with Crippen LogP contribution in [0, 0.1) is 0 Å². The number of nitrogens with zero attached hydrogens (tertiary/aromatic N) is 3. The van der Waals surface area contributed by atoms with Crippen LogP contribution < -0.4 is 4.72 Å². The Morgan fingerprint density at radius 2 is 2.24 bits per heavy atom. The molecule has 0 saturated carbocycles. The molecule has 2 aromatic rings. The Bertz CT molecular complexity index is 727. The number of nitrogens with one attached hydrogen (secondary N) is 1. The average Bonchev–Trinajstić information content (AvgIpc) is 2.88. The van der Waals surface area contributed by atoms with Gasteiger partial charge in [-0.2, -0.15) is 5.10 Å². The minimum absolute atomic E-state index is 0.0912. The lowest BCUT2D eigenvalue weighted by Gasteiger charge is -2.12. The van der Waals surface area contributed by atoms with Gasteiger partial charge in [0.25, 0.3) is 0 Å². The zero-order chi connectivity index (χ0) is 15.5. The van der Waals surface area contributed by atoms with Crippen LogP contribution in [0.3, 0.4) is 0 Å². The minimum atomic E-state index is -3.79. The number of rotatable bonds is 6. The quantitative estimate of drug-likeness (QED) is 0.798. The van der Waals surface area contributed by atoms with E-state index in [2.05, 4.69) is 14.8 Å². The molecule has 112 valence electrons. The van der Waals surface area contributed by atoms with Gasteiger partial charge in [-0.3, -0.25) is 14.5 Å². The van der Waals surface area contributed by atoms with E-state index in [0.717, 1.165) is 10.9 Å². The number of aromatic nitrogens is 3. The molecule has 0 aliphatic heterocycles. The SMILES string of the molecule is CC(NS(=O)(=O)c1cnn(CC(=O)O)c1)c1ccccn1. The molecule has 0 aliphatic rings. The summed E-state index contributed by atoms with van der Waals surface area (Å²) in [6, 6.07) is 4.69. The Morgan fingerprint density at radius 3 is 2.86 bits per heavy atom. The van der Waals surface area contributed by atoms with Gasteiger partial charge in [-0.05, 0) is 19.1 Å². The third-order valence-electron chi connectivity index (χ3n) is 2.68. The first-order valence-electron chi connectivity index (χ1n) is 6.06. The molecule has 21 heavy (non-hydrogen) atoms. The van der Waals surface area contributed by atoms with Crippen molar-refractivity contribution in [3.05, 3.63) is 42.5 Å². The van der Waals surface area contributed by atoms with Crippen molar-refractivity contribution in [1.29, 1.82) is 0 Å². The van der Waals surface area contributed by atoms with E-state index in [1.54, 1.807) is 31.3 Å². The van der Waals surface area contributed by atoms with Crippen LogP contribution in [-0.2, 0) is 21.4 Å². The third kappa shape index (κ3) is 3.86. The zero-order valence-corrected chi connectivity index (χ0v) is 12.0. The molecule has 0 spiro atoms. The lowest BCUT2D eigenvalue weighted by atomic mass is 10.2. The molecule has 2 aromatic heterocycles. The Morgan fingerprint density at radius 1 is 1.48 bits per heavy atom. The van der Waals surface area contributed by atoms with E-state index >= 15 is 0 Å². The van der Waals surface area contributed by atoms with E-state index in [4.69, 9.17) is 5.11 Å². The molecule has 0 amide bonds. The molecule has 2 N–H and O–H groups in total. The highest BCUT2D eigenvalue weighted by Crippen LogP contribution is 2.14. The maximum Gasteiger partial charge on any atom is 0.325 e. The predicted molar refractivity (Wildman–Crippen MR) is 72.8 cm³/mol. The topological polar surface area (TPSA) is 114 Å². The van der Waals surface area contributed by atoms with Gasteiger partial charge in [-0.25, -0.2) is 13.1 Å². The van der Waals surface area contributed by atoms with E-state index in [9.17, 15) is 13.2 Å². The molecule has 1 unspecified atom stereocenters. The van der Waals surface area contributed by atoms with Crippen molar-refractivity contribution in [3.63, 3.8) is 0 Å². The van der Waals surface area contributed by atoms with Crippen LogP contribution in [0.4, 0.5) is 0 Å². The van der Waals surface area contributed by atoms with Gasteiger partial charge < -0.3 is 5.11 Å². The summed E-state index contributed by atoms with van der Waals surface area (Å²) in [6.07, 6.45) is 3.85. The number of hydrogen-bond acceptors (Lipinski definition) is 5. The maximum absolute atomic E-state index is 12.2. The molecule has 1 atom stereocenters. The second-order valence-corrected chi connectivity index (χ2v) is 6.08. The Balaban J connectivity index is 2.15.